The first-order valence-electron chi connectivity index (χ1n) is 9.87. The number of hydrazone groups is 1. The van der Waals surface area contributed by atoms with Crippen molar-refractivity contribution in [2.75, 3.05) is 25.1 Å². The number of anilines is 1. The maximum Gasteiger partial charge on any atom is 0.346 e. The van der Waals surface area contributed by atoms with Crippen molar-refractivity contribution in [3.8, 4) is 5.75 Å². The van der Waals surface area contributed by atoms with Crippen LogP contribution in [0, 0.1) is 6.92 Å². The Balaban J connectivity index is 1.40. The number of nitrogens with zero attached hydrogens (tertiary/aromatic N) is 3. The van der Waals surface area contributed by atoms with E-state index in [0.717, 1.165) is 29.2 Å². The van der Waals surface area contributed by atoms with Crippen LogP contribution in [0.4, 0.5) is 5.69 Å². The first-order valence-corrected chi connectivity index (χ1v) is 9.87. The molecule has 156 valence electrons. The molecule has 0 saturated carbocycles. The largest absolute Gasteiger partial charge is 0.490 e. The molecule has 2 aromatic carbocycles. The number of carbonyl (C=O) groups excluding carboxylic acids is 1. The van der Waals surface area contributed by atoms with Gasteiger partial charge in [-0.1, -0.05) is 6.07 Å². The molecule has 1 N–H and O–H groups in total. The molecule has 0 aliphatic carbocycles. The van der Waals surface area contributed by atoms with E-state index in [0.29, 0.717) is 28.8 Å². The van der Waals surface area contributed by atoms with Gasteiger partial charge in [0.1, 0.15) is 12.4 Å². The molecule has 1 amide bonds. The van der Waals surface area contributed by atoms with Gasteiger partial charge in [0.25, 0.3) is 5.91 Å². The number of benzene rings is 2. The third-order valence-electron chi connectivity index (χ3n) is 5.42. The normalized spacial score (nSPS) is 13.5. The van der Waals surface area contributed by atoms with Gasteiger partial charge in [-0.3, -0.25) is 9.20 Å². The van der Waals surface area contributed by atoms with Crippen LogP contribution in [0.15, 0.2) is 62.8 Å². The standard InChI is InChI=1S/C23H20N4O4/c1-14-3-8-21-27(14)19-12-16(5-6-17(19)23(29)31-21)22(28)25-24-13-15-4-7-18-20(11-15)30-10-9-26(18)2/h3-8,11-13H,9-10H2,1-2H3,(H,25,28). The van der Waals surface area contributed by atoms with Crippen LogP contribution in [0.3, 0.4) is 0 Å². The summed E-state index contributed by atoms with van der Waals surface area (Å²) < 4.78 is 12.8. The van der Waals surface area contributed by atoms with Gasteiger partial charge < -0.3 is 14.1 Å². The Hall–Kier alpha value is -4.07. The smallest absolute Gasteiger partial charge is 0.346 e. The van der Waals surface area contributed by atoms with Gasteiger partial charge in [0.2, 0.25) is 5.71 Å². The van der Waals surface area contributed by atoms with Gasteiger partial charge in [0.05, 0.1) is 29.3 Å². The van der Waals surface area contributed by atoms with Crippen LogP contribution in [0.1, 0.15) is 21.6 Å². The van der Waals surface area contributed by atoms with E-state index >= 15 is 0 Å². The molecule has 4 aromatic rings. The number of nitrogens with one attached hydrogen (secondary N) is 1. The second kappa shape index (κ2) is 7.32. The van der Waals surface area contributed by atoms with Gasteiger partial charge in [-0.2, -0.15) is 5.10 Å². The zero-order chi connectivity index (χ0) is 21.5. The number of hydrogen-bond donors (Lipinski definition) is 1. The van der Waals surface area contributed by atoms with E-state index in [-0.39, 0.29) is 5.91 Å². The summed E-state index contributed by atoms with van der Waals surface area (Å²) in [5.41, 5.74) is 6.28. The van der Waals surface area contributed by atoms with Crippen LogP contribution < -0.4 is 20.7 Å². The monoisotopic (exact) mass is 416 g/mol. The highest BCUT2D eigenvalue weighted by molar-refractivity contribution is 5.98. The zero-order valence-electron chi connectivity index (χ0n) is 17.1. The fourth-order valence-electron chi connectivity index (χ4n) is 3.77. The number of likely N-dealkylation sites (N-methyl/N-ethyl adjacent to an activating group) is 1. The Morgan fingerprint density at radius 3 is 2.90 bits per heavy atom. The lowest BCUT2D eigenvalue weighted by atomic mass is 10.1. The van der Waals surface area contributed by atoms with Crippen molar-refractivity contribution in [1.82, 2.24) is 9.83 Å². The third kappa shape index (κ3) is 3.31. The van der Waals surface area contributed by atoms with Crippen molar-refractivity contribution >= 4 is 34.4 Å². The molecule has 31 heavy (non-hydrogen) atoms. The molecule has 0 bridgehead atoms. The number of ether oxygens (including phenoxy) is 1. The van der Waals surface area contributed by atoms with E-state index in [2.05, 4.69) is 15.4 Å². The third-order valence-corrected chi connectivity index (χ3v) is 5.42. The number of aryl methyl sites for hydroxylation is 1. The second-order valence-corrected chi connectivity index (χ2v) is 7.47. The maximum atomic E-state index is 12.6. The number of fused-ring (bicyclic) bond motifs is 4. The fourth-order valence-corrected chi connectivity index (χ4v) is 3.77. The molecule has 0 unspecified atom stereocenters. The van der Waals surface area contributed by atoms with Gasteiger partial charge in [-0.25, -0.2) is 10.2 Å². The van der Waals surface area contributed by atoms with Crippen molar-refractivity contribution in [2.24, 2.45) is 5.10 Å². The molecule has 8 heteroatoms. The molecular formula is C23H20N4O4. The van der Waals surface area contributed by atoms with Crippen LogP contribution in [-0.4, -0.2) is 36.7 Å². The van der Waals surface area contributed by atoms with Crippen molar-refractivity contribution in [2.45, 2.75) is 6.92 Å². The Kier molecular flexibility index (Phi) is 4.47. The Morgan fingerprint density at radius 2 is 2.03 bits per heavy atom. The number of hydrogen-bond acceptors (Lipinski definition) is 6. The lowest BCUT2D eigenvalue weighted by Crippen LogP contribution is -2.28. The SMILES string of the molecule is Cc1ccc2oc(=O)c3ccc(C(=O)NN=Cc4ccc5c(c4)OCCN5C)cc3n12. The summed E-state index contributed by atoms with van der Waals surface area (Å²) in [5.74, 6) is 0.418. The minimum Gasteiger partial charge on any atom is -0.490 e. The first-order chi connectivity index (χ1) is 15.0. The molecule has 0 radical (unpaired) electrons. The average Bonchev–Trinajstić information content (AvgIpc) is 3.14. The van der Waals surface area contributed by atoms with Gasteiger partial charge in [0.15, 0.2) is 0 Å². The number of aromatic nitrogens is 1. The highest BCUT2D eigenvalue weighted by atomic mass is 16.5. The molecule has 1 aliphatic rings. The summed E-state index contributed by atoms with van der Waals surface area (Å²) in [5, 5.41) is 4.48. The summed E-state index contributed by atoms with van der Waals surface area (Å²) >= 11 is 0. The van der Waals surface area contributed by atoms with Crippen LogP contribution in [-0.2, 0) is 0 Å². The Labute approximate surface area is 177 Å². The molecule has 0 fully saturated rings. The molecule has 8 nitrogen and oxygen atoms in total. The molecule has 0 saturated heterocycles. The molecule has 0 spiro atoms. The fraction of sp³-hybridized carbons (Fsp3) is 0.174. The Bertz CT molecular complexity index is 1420. The predicted octanol–water partition coefficient (Wildman–Crippen LogP) is 2.95. The van der Waals surface area contributed by atoms with Crippen molar-refractivity contribution < 1.29 is 13.9 Å². The van der Waals surface area contributed by atoms with Crippen molar-refractivity contribution in [1.29, 1.82) is 0 Å². The topological polar surface area (TPSA) is 88.5 Å². The summed E-state index contributed by atoms with van der Waals surface area (Å²) in [7, 11) is 2.02. The molecule has 0 atom stereocenters. The highest BCUT2D eigenvalue weighted by Gasteiger charge is 2.15. The van der Waals surface area contributed by atoms with E-state index in [4.69, 9.17) is 9.15 Å². The van der Waals surface area contributed by atoms with E-state index in [1.165, 1.54) is 0 Å². The van der Waals surface area contributed by atoms with Gasteiger partial charge >= 0.3 is 5.63 Å². The summed E-state index contributed by atoms with van der Waals surface area (Å²) in [6, 6.07) is 14.2. The summed E-state index contributed by atoms with van der Waals surface area (Å²) in [6.45, 7) is 3.39. The first kappa shape index (κ1) is 18.9. The van der Waals surface area contributed by atoms with Crippen LogP contribution in [0.5, 0.6) is 5.75 Å². The second-order valence-electron chi connectivity index (χ2n) is 7.47. The lowest BCUT2D eigenvalue weighted by molar-refractivity contribution is 0.0955. The molecule has 3 heterocycles. The molecule has 2 aromatic heterocycles. The van der Waals surface area contributed by atoms with E-state index < -0.39 is 5.63 Å². The number of amides is 1. The molecular weight excluding hydrogens is 396 g/mol. The van der Waals surface area contributed by atoms with Gasteiger partial charge in [-0.15, -0.1) is 0 Å². The van der Waals surface area contributed by atoms with E-state index in [1.807, 2.05) is 38.2 Å². The number of rotatable bonds is 3. The predicted molar refractivity (Wildman–Crippen MR) is 118 cm³/mol. The number of carbonyl (C=O) groups is 1. The molecule has 5 rings (SSSR count). The van der Waals surface area contributed by atoms with Crippen molar-refractivity contribution in [3.63, 3.8) is 0 Å². The summed E-state index contributed by atoms with van der Waals surface area (Å²) in [6.07, 6.45) is 1.57. The zero-order valence-corrected chi connectivity index (χ0v) is 17.1. The minimum absolute atomic E-state index is 0.377. The summed E-state index contributed by atoms with van der Waals surface area (Å²) in [4.78, 5) is 27.0. The molecule has 1 aliphatic heterocycles. The van der Waals surface area contributed by atoms with E-state index in [1.54, 1.807) is 34.9 Å². The van der Waals surface area contributed by atoms with Gasteiger partial charge in [-0.05, 0) is 48.9 Å². The van der Waals surface area contributed by atoms with Crippen LogP contribution in [0.2, 0.25) is 0 Å². The van der Waals surface area contributed by atoms with Crippen LogP contribution in [0.25, 0.3) is 16.6 Å². The lowest BCUT2D eigenvalue weighted by Gasteiger charge is -2.27. The average molecular weight is 416 g/mol. The van der Waals surface area contributed by atoms with Crippen molar-refractivity contribution in [3.05, 3.63) is 75.8 Å². The van der Waals surface area contributed by atoms with E-state index in [9.17, 15) is 9.59 Å². The van der Waals surface area contributed by atoms with Crippen LogP contribution >= 0.6 is 0 Å². The quantitative estimate of drug-likeness (QED) is 0.410. The van der Waals surface area contributed by atoms with Gasteiger partial charge in [0, 0.05) is 24.4 Å². The highest BCUT2D eigenvalue weighted by Crippen LogP contribution is 2.30. The minimum atomic E-state index is -0.439. The Morgan fingerprint density at radius 1 is 1.16 bits per heavy atom. The maximum absolute atomic E-state index is 12.6.